The largest absolute Gasteiger partial charge is 0.472 e. The first kappa shape index (κ1) is 9.99. The van der Waals surface area contributed by atoms with Gasteiger partial charge in [-0.15, -0.1) is 0 Å². The minimum Gasteiger partial charge on any atom is -0.472 e. The van der Waals surface area contributed by atoms with Gasteiger partial charge in [0.05, 0.1) is 5.60 Å². The van der Waals surface area contributed by atoms with Crippen LogP contribution < -0.4 is 0 Å². The number of carboxylic acids is 1. The minimum absolute atomic E-state index is 0.163. The number of hydrogen-bond acceptors (Lipinski definition) is 2. The summed E-state index contributed by atoms with van der Waals surface area (Å²) < 4.78 is 5.14. The second-order valence-corrected chi connectivity index (χ2v) is 3.01. The third kappa shape index (κ3) is 8.99. The lowest BCUT2D eigenvalue weighted by Crippen LogP contribution is -2.19. The van der Waals surface area contributed by atoms with Crippen molar-refractivity contribution in [2.24, 2.45) is 0 Å². The van der Waals surface area contributed by atoms with Crippen LogP contribution >= 0.6 is 0 Å². The van der Waals surface area contributed by atoms with E-state index in [1.807, 2.05) is 26.7 Å². The molecule has 0 aromatic heterocycles. The maximum Gasteiger partial charge on any atom is 0.381 e. The van der Waals surface area contributed by atoms with E-state index in [0.29, 0.717) is 0 Å². The van der Waals surface area contributed by atoms with Crippen LogP contribution in [0, 0.1) is 11.8 Å². The number of ether oxygens (including phenoxy) is 1. The fraction of sp³-hybridized carbons (Fsp3) is 0.625. The van der Waals surface area contributed by atoms with Crippen molar-refractivity contribution in [2.45, 2.75) is 26.4 Å². The molecule has 0 aromatic carbocycles. The van der Waals surface area contributed by atoms with Gasteiger partial charge in [0.15, 0.2) is 0 Å². The molecule has 0 saturated heterocycles. The highest BCUT2D eigenvalue weighted by Gasteiger charge is 2.07. The molecule has 0 radical (unpaired) electrons. The van der Waals surface area contributed by atoms with E-state index in [2.05, 4.69) is 5.92 Å². The average molecular weight is 156 g/mol. The molecule has 0 heterocycles. The molecule has 0 saturated carbocycles. The van der Waals surface area contributed by atoms with Crippen LogP contribution in [0.1, 0.15) is 20.8 Å². The van der Waals surface area contributed by atoms with Crippen molar-refractivity contribution in [3.63, 3.8) is 0 Å². The van der Waals surface area contributed by atoms with Crippen molar-refractivity contribution < 1.29 is 14.6 Å². The summed E-state index contributed by atoms with van der Waals surface area (Å²) in [6, 6.07) is 0. The summed E-state index contributed by atoms with van der Waals surface area (Å²) in [7, 11) is 0. The summed E-state index contributed by atoms with van der Waals surface area (Å²) in [5.74, 6) is 3.21. The van der Waals surface area contributed by atoms with Gasteiger partial charge in [0.1, 0.15) is 6.61 Å². The summed E-state index contributed by atoms with van der Waals surface area (Å²) in [5, 5.41) is 8.11. The van der Waals surface area contributed by atoms with Gasteiger partial charge < -0.3 is 9.84 Å². The number of carboxylic acid groups (broad SMARTS) is 1. The summed E-state index contributed by atoms with van der Waals surface area (Å²) in [6.45, 7) is 5.82. The summed E-state index contributed by atoms with van der Waals surface area (Å²) >= 11 is 0. The molecule has 11 heavy (non-hydrogen) atoms. The first-order valence-electron chi connectivity index (χ1n) is 3.27. The van der Waals surface area contributed by atoms with E-state index in [9.17, 15) is 4.79 Å². The SMILES string of the molecule is CC(C)(C)OCC#CC(=O)O. The highest BCUT2D eigenvalue weighted by Crippen LogP contribution is 2.04. The first-order chi connectivity index (χ1) is 4.92. The Morgan fingerprint density at radius 3 is 2.45 bits per heavy atom. The van der Waals surface area contributed by atoms with Crippen LogP contribution in [0.15, 0.2) is 0 Å². The normalized spacial score (nSPS) is 10.1. The lowest BCUT2D eigenvalue weighted by molar-refractivity contribution is -0.130. The second-order valence-electron chi connectivity index (χ2n) is 3.01. The van der Waals surface area contributed by atoms with E-state index < -0.39 is 5.97 Å². The zero-order valence-electron chi connectivity index (χ0n) is 6.97. The van der Waals surface area contributed by atoms with Crippen LogP contribution in [0.4, 0.5) is 0 Å². The van der Waals surface area contributed by atoms with Crippen LogP contribution in [-0.2, 0) is 9.53 Å². The van der Waals surface area contributed by atoms with Gasteiger partial charge in [-0.3, -0.25) is 0 Å². The lowest BCUT2D eigenvalue weighted by atomic mass is 10.2. The number of hydrogen-bond donors (Lipinski definition) is 1. The molecule has 0 amide bonds. The van der Waals surface area contributed by atoms with Gasteiger partial charge >= 0.3 is 5.97 Å². The van der Waals surface area contributed by atoms with Crippen LogP contribution in [0.2, 0.25) is 0 Å². The molecule has 0 aliphatic carbocycles. The molecule has 0 fully saturated rings. The van der Waals surface area contributed by atoms with Gasteiger partial charge in [-0.05, 0) is 20.8 Å². The van der Waals surface area contributed by atoms with Crippen molar-refractivity contribution in [3.8, 4) is 11.8 Å². The van der Waals surface area contributed by atoms with Crippen molar-refractivity contribution >= 4 is 5.97 Å². The molecule has 0 rings (SSSR count). The van der Waals surface area contributed by atoms with E-state index in [4.69, 9.17) is 9.84 Å². The van der Waals surface area contributed by atoms with Gasteiger partial charge in [-0.25, -0.2) is 4.79 Å². The smallest absolute Gasteiger partial charge is 0.381 e. The van der Waals surface area contributed by atoms with Gasteiger partial charge in [-0.2, -0.15) is 0 Å². The molecule has 0 aliphatic rings. The minimum atomic E-state index is -1.12. The van der Waals surface area contributed by atoms with Crippen LogP contribution in [0.5, 0.6) is 0 Å². The maximum atomic E-state index is 9.89. The highest BCUT2D eigenvalue weighted by molar-refractivity contribution is 5.86. The van der Waals surface area contributed by atoms with Crippen LogP contribution in [0.3, 0.4) is 0 Å². The van der Waals surface area contributed by atoms with Crippen molar-refractivity contribution in [1.29, 1.82) is 0 Å². The van der Waals surface area contributed by atoms with E-state index in [0.717, 1.165) is 0 Å². The Kier molecular flexibility index (Phi) is 3.63. The summed E-state index contributed by atoms with van der Waals surface area (Å²) in [4.78, 5) is 9.89. The fourth-order valence-corrected chi connectivity index (χ4v) is 0.364. The van der Waals surface area contributed by atoms with Gasteiger partial charge in [0.2, 0.25) is 0 Å². The predicted molar refractivity (Wildman–Crippen MR) is 41.1 cm³/mol. The number of carbonyl (C=O) groups is 1. The topological polar surface area (TPSA) is 46.5 Å². The van der Waals surface area contributed by atoms with Crippen molar-refractivity contribution in [3.05, 3.63) is 0 Å². The molecular weight excluding hydrogens is 144 g/mol. The Bertz CT molecular complexity index is 190. The molecule has 3 nitrogen and oxygen atoms in total. The standard InChI is InChI=1S/C8H12O3/c1-8(2,3)11-6-4-5-7(9)10/h6H2,1-3H3,(H,9,10). The quantitative estimate of drug-likeness (QED) is 0.573. The summed E-state index contributed by atoms with van der Waals surface area (Å²) in [5.41, 5.74) is -0.257. The third-order valence-corrected chi connectivity index (χ3v) is 0.773. The Morgan fingerprint density at radius 2 is 2.09 bits per heavy atom. The van der Waals surface area contributed by atoms with Crippen molar-refractivity contribution in [2.75, 3.05) is 6.61 Å². The Balaban J connectivity index is 3.60. The zero-order chi connectivity index (χ0) is 8.91. The van der Waals surface area contributed by atoms with E-state index in [-0.39, 0.29) is 12.2 Å². The molecule has 0 unspecified atom stereocenters. The predicted octanol–water partition coefficient (Wildman–Crippen LogP) is 0.889. The molecule has 0 atom stereocenters. The molecule has 1 N–H and O–H groups in total. The molecular formula is C8H12O3. The first-order valence-corrected chi connectivity index (χ1v) is 3.27. The van der Waals surface area contributed by atoms with Crippen LogP contribution in [-0.4, -0.2) is 23.3 Å². The second kappa shape index (κ2) is 3.99. The van der Waals surface area contributed by atoms with Gasteiger partial charge in [0, 0.05) is 5.92 Å². The van der Waals surface area contributed by atoms with Gasteiger partial charge in [0.25, 0.3) is 0 Å². The Labute approximate surface area is 66.4 Å². The summed E-state index contributed by atoms with van der Waals surface area (Å²) in [6.07, 6.45) is 0. The molecule has 0 spiro atoms. The molecule has 3 heteroatoms. The average Bonchev–Trinajstić information content (AvgIpc) is 1.78. The van der Waals surface area contributed by atoms with E-state index in [1.165, 1.54) is 0 Å². The molecule has 0 aliphatic heterocycles. The molecule has 0 bridgehead atoms. The third-order valence-electron chi connectivity index (χ3n) is 0.773. The highest BCUT2D eigenvalue weighted by atomic mass is 16.5. The monoisotopic (exact) mass is 156 g/mol. The molecule has 0 aromatic rings. The Morgan fingerprint density at radius 1 is 1.55 bits per heavy atom. The zero-order valence-corrected chi connectivity index (χ0v) is 6.97. The van der Waals surface area contributed by atoms with E-state index >= 15 is 0 Å². The number of aliphatic carboxylic acids is 1. The van der Waals surface area contributed by atoms with Gasteiger partial charge in [-0.1, -0.05) is 5.92 Å². The Hall–Kier alpha value is -1.01. The number of rotatable bonds is 1. The fourth-order valence-electron chi connectivity index (χ4n) is 0.364. The van der Waals surface area contributed by atoms with Crippen molar-refractivity contribution in [1.82, 2.24) is 0 Å². The van der Waals surface area contributed by atoms with Crippen LogP contribution in [0.25, 0.3) is 0 Å². The maximum absolute atomic E-state index is 9.89. The lowest BCUT2D eigenvalue weighted by Gasteiger charge is -2.16. The molecule has 62 valence electrons. The van der Waals surface area contributed by atoms with E-state index in [1.54, 1.807) is 0 Å².